The van der Waals surface area contributed by atoms with E-state index in [1.165, 1.54) is 0 Å². The fourth-order valence-electron chi connectivity index (χ4n) is 0.906. The van der Waals surface area contributed by atoms with Gasteiger partial charge in [0.15, 0.2) is 0 Å². The van der Waals surface area contributed by atoms with Gasteiger partial charge in [-0.1, -0.05) is 18.2 Å². The number of carbonyl (C=O) groups excluding carboxylic acids is 1. The normalized spacial score (nSPS) is 8.36. The molecule has 68 valence electrons. The molecular formula is C10H9KO3. The summed E-state index contributed by atoms with van der Waals surface area (Å²) in [5.74, 6) is -1.08. The van der Waals surface area contributed by atoms with Crippen LogP contribution in [0.25, 0.3) is 11.0 Å². The zero-order valence-corrected chi connectivity index (χ0v) is 11.3. The van der Waals surface area contributed by atoms with Crippen molar-refractivity contribution in [3.05, 3.63) is 36.6 Å². The number of para-hydroxylation sites is 1. The summed E-state index contributed by atoms with van der Waals surface area (Å²) in [6.45, 7) is 0.972. The summed E-state index contributed by atoms with van der Waals surface area (Å²) in [5, 5.41) is 10.1. The van der Waals surface area contributed by atoms with Gasteiger partial charge in [0.1, 0.15) is 5.58 Å². The first-order valence-electron chi connectivity index (χ1n) is 3.80. The summed E-state index contributed by atoms with van der Waals surface area (Å²) in [7, 11) is 0. The van der Waals surface area contributed by atoms with Gasteiger partial charge in [-0.2, -0.15) is 0 Å². The van der Waals surface area contributed by atoms with Crippen molar-refractivity contribution in [2.45, 2.75) is 6.92 Å². The van der Waals surface area contributed by atoms with E-state index in [4.69, 9.17) is 14.3 Å². The van der Waals surface area contributed by atoms with E-state index in [0.717, 1.165) is 17.9 Å². The Kier molecular flexibility index (Phi) is 7.13. The molecule has 1 aromatic carbocycles. The number of hydrogen-bond donors (Lipinski definition) is 0. The van der Waals surface area contributed by atoms with Crippen LogP contribution in [-0.2, 0) is 4.79 Å². The number of benzene rings is 1. The van der Waals surface area contributed by atoms with Crippen molar-refractivity contribution in [3.63, 3.8) is 0 Å². The Morgan fingerprint density at radius 3 is 2.43 bits per heavy atom. The van der Waals surface area contributed by atoms with Gasteiger partial charge in [0.05, 0.1) is 6.26 Å². The van der Waals surface area contributed by atoms with Crippen LogP contribution in [0.2, 0.25) is 0 Å². The Hall–Kier alpha value is -0.134. The van der Waals surface area contributed by atoms with Crippen molar-refractivity contribution < 1.29 is 65.7 Å². The zero-order chi connectivity index (χ0) is 9.68. The standard InChI is InChI=1S/C8H6O.C2H4O2.K/c1-2-4-8-7(3-1)5-6-9-8;1-2(3)4;/h1-6H;1H3,(H,3,4);/q;;+1/p-1. The molecule has 0 bridgehead atoms. The Morgan fingerprint density at radius 1 is 1.29 bits per heavy atom. The fraction of sp³-hybridized carbons (Fsp3) is 0.100. The Bertz CT molecular complexity index is 361. The number of fused-ring (bicyclic) bond motifs is 1. The van der Waals surface area contributed by atoms with Crippen LogP contribution >= 0.6 is 0 Å². The maximum Gasteiger partial charge on any atom is 1.00 e. The van der Waals surface area contributed by atoms with Crippen molar-refractivity contribution in [1.29, 1.82) is 0 Å². The molecule has 0 spiro atoms. The predicted octanol–water partition coefficient (Wildman–Crippen LogP) is -1.81. The Labute approximate surface area is 125 Å². The van der Waals surface area contributed by atoms with Crippen LogP contribution in [-0.4, -0.2) is 5.97 Å². The molecule has 0 unspecified atom stereocenters. The molecule has 0 aliphatic heterocycles. The summed E-state index contributed by atoms with van der Waals surface area (Å²) >= 11 is 0. The second kappa shape index (κ2) is 7.20. The van der Waals surface area contributed by atoms with Gasteiger partial charge in [-0.05, 0) is 19.1 Å². The maximum absolute atomic E-state index is 8.89. The van der Waals surface area contributed by atoms with E-state index < -0.39 is 5.97 Å². The molecule has 0 N–H and O–H groups in total. The molecule has 2 aromatic rings. The van der Waals surface area contributed by atoms with Crippen molar-refractivity contribution in [3.8, 4) is 0 Å². The van der Waals surface area contributed by atoms with Crippen LogP contribution in [0, 0.1) is 0 Å². The first kappa shape index (κ1) is 13.9. The fourth-order valence-corrected chi connectivity index (χ4v) is 0.906. The van der Waals surface area contributed by atoms with E-state index >= 15 is 0 Å². The van der Waals surface area contributed by atoms with E-state index in [2.05, 4.69) is 0 Å². The maximum atomic E-state index is 8.89. The van der Waals surface area contributed by atoms with Gasteiger partial charge in [0.2, 0.25) is 0 Å². The predicted molar refractivity (Wildman–Crippen MR) is 46.9 cm³/mol. The van der Waals surface area contributed by atoms with Gasteiger partial charge in [-0.3, -0.25) is 0 Å². The first-order valence-corrected chi connectivity index (χ1v) is 3.80. The third kappa shape index (κ3) is 4.93. The van der Waals surface area contributed by atoms with Gasteiger partial charge in [0.25, 0.3) is 0 Å². The minimum atomic E-state index is -1.08. The summed E-state index contributed by atoms with van der Waals surface area (Å²) in [4.78, 5) is 8.89. The number of carbonyl (C=O) groups is 1. The van der Waals surface area contributed by atoms with Gasteiger partial charge in [-0.15, -0.1) is 0 Å². The van der Waals surface area contributed by atoms with Crippen molar-refractivity contribution in [2.24, 2.45) is 0 Å². The smallest absolute Gasteiger partial charge is 0.550 e. The minimum Gasteiger partial charge on any atom is -0.550 e. The molecule has 0 aliphatic rings. The van der Waals surface area contributed by atoms with Crippen LogP contribution in [0.4, 0.5) is 0 Å². The minimum absolute atomic E-state index is 0. The van der Waals surface area contributed by atoms with E-state index in [1.54, 1.807) is 6.26 Å². The van der Waals surface area contributed by atoms with Crippen LogP contribution in [0.1, 0.15) is 6.92 Å². The molecule has 0 atom stereocenters. The quantitative estimate of drug-likeness (QED) is 0.488. The molecule has 4 heteroatoms. The van der Waals surface area contributed by atoms with Crippen LogP contribution in [0.5, 0.6) is 0 Å². The van der Waals surface area contributed by atoms with Crippen LogP contribution in [0.15, 0.2) is 41.0 Å². The first-order chi connectivity index (χ1) is 6.20. The third-order valence-corrected chi connectivity index (χ3v) is 1.36. The van der Waals surface area contributed by atoms with E-state index in [9.17, 15) is 0 Å². The molecule has 0 amide bonds. The molecule has 2 rings (SSSR count). The van der Waals surface area contributed by atoms with Gasteiger partial charge in [-0.25, -0.2) is 0 Å². The molecule has 3 nitrogen and oxygen atoms in total. The van der Waals surface area contributed by atoms with Gasteiger partial charge in [0, 0.05) is 11.4 Å². The Morgan fingerprint density at radius 2 is 1.86 bits per heavy atom. The van der Waals surface area contributed by atoms with Gasteiger partial charge < -0.3 is 14.3 Å². The molecule has 0 saturated heterocycles. The number of carboxylic acid groups (broad SMARTS) is 1. The largest absolute Gasteiger partial charge is 1.00 e. The van der Waals surface area contributed by atoms with Crippen molar-refractivity contribution >= 4 is 16.9 Å². The van der Waals surface area contributed by atoms with E-state index in [-0.39, 0.29) is 51.4 Å². The molecule has 0 radical (unpaired) electrons. The second-order valence-corrected chi connectivity index (χ2v) is 2.45. The molecule has 14 heavy (non-hydrogen) atoms. The second-order valence-electron chi connectivity index (χ2n) is 2.45. The van der Waals surface area contributed by atoms with Crippen molar-refractivity contribution in [2.75, 3.05) is 0 Å². The van der Waals surface area contributed by atoms with Crippen LogP contribution in [0.3, 0.4) is 0 Å². The van der Waals surface area contributed by atoms with Crippen LogP contribution < -0.4 is 56.5 Å². The average molecular weight is 216 g/mol. The molecule has 0 aliphatic carbocycles. The van der Waals surface area contributed by atoms with E-state index in [1.807, 2.05) is 30.3 Å². The summed E-state index contributed by atoms with van der Waals surface area (Å²) in [5.41, 5.74) is 0.956. The topological polar surface area (TPSA) is 53.3 Å². The molecule has 1 heterocycles. The van der Waals surface area contributed by atoms with Crippen molar-refractivity contribution in [1.82, 2.24) is 0 Å². The zero-order valence-electron chi connectivity index (χ0n) is 8.19. The summed E-state index contributed by atoms with van der Waals surface area (Å²) in [6.07, 6.45) is 1.70. The third-order valence-electron chi connectivity index (χ3n) is 1.36. The average Bonchev–Trinajstić information content (AvgIpc) is 2.49. The number of furan rings is 1. The molecule has 1 aromatic heterocycles. The molecule has 0 saturated carbocycles. The number of rotatable bonds is 0. The molecule has 0 fully saturated rings. The summed E-state index contributed by atoms with van der Waals surface area (Å²) < 4.78 is 5.12. The monoisotopic (exact) mass is 216 g/mol. The summed E-state index contributed by atoms with van der Waals surface area (Å²) in [6, 6.07) is 9.90. The van der Waals surface area contributed by atoms with Gasteiger partial charge >= 0.3 is 51.4 Å². The SMILES string of the molecule is CC(=O)[O-].[K+].c1ccc2occc2c1. The number of hydrogen-bond acceptors (Lipinski definition) is 3. The molecular weight excluding hydrogens is 207 g/mol. The number of carboxylic acids is 1. The number of aliphatic carboxylic acids is 1. The van der Waals surface area contributed by atoms with E-state index in [0.29, 0.717) is 0 Å². The Balaban J connectivity index is 0.000000299.